The largest absolute Gasteiger partial charge is 0.497 e. The molecule has 0 atom stereocenters. The summed E-state index contributed by atoms with van der Waals surface area (Å²) in [6.07, 6.45) is 0. The Balaban J connectivity index is 2.00. The maximum atomic E-state index is 5.72. The second-order valence-corrected chi connectivity index (χ2v) is 3.89. The summed E-state index contributed by atoms with van der Waals surface area (Å²) in [7, 11) is 1.66. The lowest BCUT2D eigenvalue weighted by atomic mass is 10.1. The van der Waals surface area contributed by atoms with Gasteiger partial charge in [0, 0.05) is 0 Å². The monoisotopic (exact) mass is 228 g/mol. The standard InChI is InChI=1S/C15H16O2/c1-12-5-3-4-6-13(12)11-17-15-9-7-14(16-2)8-10-15/h3-10H,11H2,1-2H3. The molecular weight excluding hydrogens is 212 g/mol. The second-order valence-electron chi connectivity index (χ2n) is 3.89. The molecule has 0 spiro atoms. The SMILES string of the molecule is COc1ccc(OCc2ccccc2C)cc1. The molecule has 2 nitrogen and oxygen atoms in total. The maximum Gasteiger partial charge on any atom is 0.120 e. The predicted octanol–water partition coefficient (Wildman–Crippen LogP) is 3.58. The minimum absolute atomic E-state index is 0.596. The lowest BCUT2D eigenvalue weighted by molar-refractivity contribution is 0.304. The molecule has 0 unspecified atom stereocenters. The third kappa shape index (κ3) is 3.00. The van der Waals surface area contributed by atoms with Gasteiger partial charge in [-0.15, -0.1) is 0 Å². The zero-order valence-corrected chi connectivity index (χ0v) is 10.1. The van der Waals surface area contributed by atoms with E-state index in [0.29, 0.717) is 6.61 Å². The molecule has 2 heteroatoms. The van der Waals surface area contributed by atoms with Gasteiger partial charge in [0.1, 0.15) is 18.1 Å². The highest BCUT2D eigenvalue weighted by atomic mass is 16.5. The van der Waals surface area contributed by atoms with Gasteiger partial charge in [-0.25, -0.2) is 0 Å². The van der Waals surface area contributed by atoms with Gasteiger partial charge in [-0.1, -0.05) is 24.3 Å². The number of hydrogen-bond donors (Lipinski definition) is 0. The molecule has 0 aliphatic carbocycles. The Labute approximate surface area is 102 Å². The number of rotatable bonds is 4. The first kappa shape index (κ1) is 11.5. The van der Waals surface area contributed by atoms with Crippen molar-refractivity contribution in [2.24, 2.45) is 0 Å². The number of hydrogen-bond acceptors (Lipinski definition) is 2. The summed E-state index contributed by atoms with van der Waals surface area (Å²) in [5, 5.41) is 0. The van der Waals surface area contributed by atoms with Crippen LogP contribution in [0.3, 0.4) is 0 Å². The molecule has 0 heterocycles. The van der Waals surface area contributed by atoms with Crippen molar-refractivity contribution < 1.29 is 9.47 Å². The molecule has 0 saturated heterocycles. The van der Waals surface area contributed by atoms with Gasteiger partial charge in [0.05, 0.1) is 7.11 Å². The van der Waals surface area contributed by atoms with Gasteiger partial charge in [-0.2, -0.15) is 0 Å². The molecule has 2 rings (SSSR count). The summed E-state index contributed by atoms with van der Waals surface area (Å²) in [5.74, 6) is 1.70. The van der Waals surface area contributed by atoms with Crippen LogP contribution in [0.4, 0.5) is 0 Å². The summed E-state index contributed by atoms with van der Waals surface area (Å²) in [6.45, 7) is 2.69. The quantitative estimate of drug-likeness (QED) is 0.796. The van der Waals surface area contributed by atoms with E-state index in [9.17, 15) is 0 Å². The molecular formula is C15H16O2. The molecule has 88 valence electrons. The van der Waals surface area contributed by atoms with E-state index in [-0.39, 0.29) is 0 Å². The van der Waals surface area contributed by atoms with Crippen LogP contribution in [-0.4, -0.2) is 7.11 Å². The van der Waals surface area contributed by atoms with E-state index in [4.69, 9.17) is 9.47 Å². The van der Waals surface area contributed by atoms with Crippen LogP contribution in [0, 0.1) is 6.92 Å². The minimum atomic E-state index is 0.596. The topological polar surface area (TPSA) is 18.5 Å². The molecule has 0 radical (unpaired) electrons. The van der Waals surface area contributed by atoms with Crippen molar-refractivity contribution in [2.75, 3.05) is 7.11 Å². The molecule has 0 amide bonds. The Morgan fingerprint density at radius 3 is 2.18 bits per heavy atom. The van der Waals surface area contributed by atoms with E-state index in [0.717, 1.165) is 11.5 Å². The van der Waals surface area contributed by atoms with Crippen molar-refractivity contribution in [3.63, 3.8) is 0 Å². The van der Waals surface area contributed by atoms with Crippen molar-refractivity contribution in [3.05, 3.63) is 59.7 Å². The zero-order valence-electron chi connectivity index (χ0n) is 10.1. The van der Waals surface area contributed by atoms with Gasteiger partial charge in [0.15, 0.2) is 0 Å². The van der Waals surface area contributed by atoms with Gasteiger partial charge in [0.2, 0.25) is 0 Å². The van der Waals surface area contributed by atoms with Gasteiger partial charge in [-0.3, -0.25) is 0 Å². The van der Waals surface area contributed by atoms with Crippen molar-refractivity contribution in [3.8, 4) is 11.5 Å². The van der Waals surface area contributed by atoms with Crippen molar-refractivity contribution in [2.45, 2.75) is 13.5 Å². The van der Waals surface area contributed by atoms with Crippen LogP contribution in [0.1, 0.15) is 11.1 Å². The number of benzene rings is 2. The first-order valence-electron chi connectivity index (χ1n) is 5.61. The van der Waals surface area contributed by atoms with E-state index in [1.807, 2.05) is 36.4 Å². The average molecular weight is 228 g/mol. The Morgan fingerprint density at radius 1 is 0.882 bits per heavy atom. The highest BCUT2D eigenvalue weighted by molar-refractivity contribution is 5.32. The molecule has 0 N–H and O–H groups in total. The molecule has 0 bridgehead atoms. The molecule has 0 aliphatic heterocycles. The van der Waals surface area contributed by atoms with Crippen LogP contribution in [-0.2, 0) is 6.61 Å². The number of methoxy groups -OCH3 is 1. The summed E-state index contributed by atoms with van der Waals surface area (Å²) in [6, 6.07) is 15.9. The van der Waals surface area contributed by atoms with Crippen molar-refractivity contribution in [1.29, 1.82) is 0 Å². The van der Waals surface area contributed by atoms with Gasteiger partial charge < -0.3 is 9.47 Å². The third-order valence-electron chi connectivity index (χ3n) is 2.72. The Bertz CT molecular complexity index is 475. The number of ether oxygens (including phenoxy) is 2. The van der Waals surface area contributed by atoms with Gasteiger partial charge in [-0.05, 0) is 42.3 Å². The van der Waals surface area contributed by atoms with E-state index in [2.05, 4.69) is 19.1 Å². The lowest BCUT2D eigenvalue weighted by Crippen LogP contribution is -1.97. The summed E-state index contributed by atoms with van der Waals surface area (Å²) in [4.78, 5) is 0. The van der Waals surface area contributed by atoms with Crippen LogP contribution in [0.15, 0.2) is 48.5 Å². The van der Waals surface area contributed by atoms with Gasteiger partial charge >= 0.3 is 0 Å². The molecule has 2 aromatic rings. The van der Waals surface area contributed by atoms with E-state index < -0.39 is 0 Å². The van der Waals surface area contributed by atoms with Crippen molar-refractivity contribution >= 4 is 0 Å². The summed E-state index contributed by atoms with van der Waals surface area (Å²) >= 11 is 0. The Kier molecular flexibility index (Phi) is 3.66. The van der Waals surface area contributed by atoms with Crippen LogP contribution >= 0.6 is 0 Å². The third-order valence-corrected chi connectivity index (χ3v) is 2.72. The van der Waals surface area contributed by atoms with E-state index >= 15 is 0 Å². The Morgan fingerprint density at radius 2 is 1.53 bits per heavy atom. The van der Waals surface area contributed by atoms with Crippen LogP contribution in [0.25, 0.3) is 0 Å². The fraction of sp³-hybridized carbons (Fsp3) is 0.200. The lowest BCUT2D eigenvalue weighted by Gasteiger charge is -2.09. The molecule has 0 fully saturated rings. The normalized spacial score (nSPS) is 10.0. The summed E-state index contributed by atoms with van der Waals surface area (Å²) in [5.41, 5.74) is 2.46. The zero-order chi connectivity index (χ0) is 12.1. The molecule has 17 heavy (non-hydrogen) atoms. The first-order chi connectivity index (χ1) is 8.29. The van der Waals surface area contributed by atoms with E-state index in [1.165, 1.54) is 11.1 Å². The maximum absolute atomic E-state index is 5.72. The number of aryl methyl sites for hydroxylation is 1. The smallest absolute Gasteiger partial charge is 0.120 e. The molecule has 0 aromatic heterocycles. The molecule has 0 aliphatic rings. The minimum Gasteiger partial charge on any atom is -0.497 e. The van der Waals surface area contributed by atoms with E-state index in [1.54, 1.807) is 7.11 Å². The average Bonchev–Trinajstić information content (AvgIpc) is 2.38. The molecule has 0 saturated carbocycles. The van der Waals surface area contributed by atoms with Crippen LogP contribution in [0.5, 0.6) is 11.5 Å². The van der Waals surface area contributed by atoms with Crippen LogP contribution < -0.4 is 9.47 Å². The Hall–Kier alpha value is -1.96. The highest BCUT2D eigenvalue weighted by Gasteiger charge is 1.99. The highest BCUT2D eigenvalue weighted by Crippen LogP contribution is 2.18. The van der Waals surface area contributed by atoms with Crippen molar-refractivity contribution in [1.82, 2.24) is 0 Å². The summed E-state index contributed by atoms with van der Waals surface area (Å²) < 4.78 is 10.8. The van der Waals surface area contributed by atoms with Crippen LogP contribution in [0.2, 0.25) is 0 Å². The predicted molar refractivity (Wildman–Crippen MR) is 68.5 cm³/mol. The fourth-order valence-corrected chi connectivity index (χ4v) is 1.61. The second kappa shape index (κ2) is 5.39. The first-order valence-corrected chi connectivity index (χ1v) is 5.61. The fourth-order valence-electron chi connectivity index (χ4n) is 1.61. The molecule has 2 aromatic carbocycles. The van der Waals surface area contributed by atoms with Gasteiger partial charge in [0.25, 0.3) is 0 Å².